The van der Waals surface area contributed by atoms with Crippen LogP contribution in [0.5, 0.6) is 0 Å². The maximum absolute atomic E-state index is 13.6. The summed E-state index contributed by atoms with van der Waals surface area (Å²) < 4.78 is 34.6. The van der Waals surface area contributed by atoms with Crippen LogP contribution in [-0.4, -0.2) is 193 Å². The second-order valence-electron chi connectivity index (χ2n) is 35.6. The standard InChI is InChI=1S/C100H185NO18/c1-3-5-7-9-11-13-15-17-19-21-23-25-27-29-31-33-35-37-38-39-40-41-42-43-44-46-48-50-52-54-56-58-60-62-64-66-68-70-72-74-76-78-88(106)101-83(84(105)77-75-73-71-69-67-65-63-61-59-57-55-53-51-49-47-45-36-34-32-30-28-26-24-22-20-18-16-14-12-10-8-6-4-2)82-114-98-94(112)91(109)96(86(80-103)116-98)119-100-95(113)92(110)97(87(81-104)117-100)118-99-93(111)90(108)89(107)85(79-102)115-99/h5,7,11,13,17,19,23,25,75,77,83-87,89-100,102-105,107-113H,3-4,6,8-10,12,14-16,18,20-22,24,26-74,76,78-82H2,1-2H3,(H,101,106)/b7-5-,13-11-,19-17-,25-23-,77-75+. The van der Waals surface area contributed by atoms with E-state index < -0.39 is 124 Å². The van der Waals surface area contributed by atoms with E-state index in [9.17, 15) is 61.0 Å². The molecule has 3 rings (SSSR count). The Kier molecular flexibility index (Phi) is 73.4. The van der Waals surface area contributed by atoms with Gasteiger partial charge in [0.2, 0.25) is 5.91 Å². The lowest BCUT2D eigenvalue weighted by Gasteiger charge is -2.48. The van der Waals surface area contributed by atoms with Gasteiger partial charge in [0, 0.05) is 6.42 Å². The van der Waals surface area contributed by atoms with Gasteiger partial charge in [-0.2, -0.15) is 0 Å². The van der Waals surface area contributed by atoms with E-state index in [-0.39, 0.29) is 18.9 Å². The highest BCUT2D eigenvalue weighted by Gasteiger charge is 2.54. The summed E-state index contributed by atoms with van der Waals surface area (Å²) in [4.78, 5) is 13.6. The number of allylic oxidation sites excluding steroid dienone is 9. The topological polar surface area (TPSA) is 307 Å². The Morgan fingerprint density at radius 2 is 0.580 bits per heavy atom. The van der Waals surface area contributed by atoms with Crippen molar-refractivity contribution in [3.05, 3.63) is 60.8 Å². The minimum Gasteiger partial charge on any atom is -0.394 e. The van der Waals surface area contributed by atoms with Crippen molar-refractivity contribution in [1.29, 1.82) is 0 Å². The Balaban J connectivity index is 1.28. The molecular weight excluding hydrogens is 1500 g/mol. The third kappa shape index (κ3) is 56.3. The number of nitrogens with one attached hydrogen (secondary N) is 1. The maximum atomic E-state index is 13.6. The van der Waals surface area contributed by atoms with E-state index in [0.717, 1.165) is 70.6 Å². The number of hydrogen-bond acceptors (Lipinski definition) is 18. The molecule has 17 atom stereocenters. The van der Waals surface area contributed by atoms with Gasteiger partial charge in [0.05, 0.1) is 38.6 Å². The largest absolute Gasteiger partial charge is 0.394 e. The minimum absolute atomic E-state index is 0.248. The van der Waals surface area contributed by atoms with Gasteiger partial charge in [0.1, 0.15) is 73.2 Å². The van der Waals surface area contributed by atoms with Crippen LogP contribution < -0.4 is 5.32 Å². The van der Waals surface area contributed by atoms with E-state index in [4.69, 9.17) is 28.4 Å². The molecule has 119 heavy (non-hydrogen) atoms. The number of hydrogen-bond donors (Lipinski definition) is 12. The molecule has 19 nitrogen and oxygen atoms in total. The van der Waals surface area contributed by atoms with Crippen LogP contribution in [0, 0.1) is 0 Å². The molecule has 3 heterocycles. The van der Waals surface area contributed by atoms with E-state index in [1.54, 1.807) is 6.08 Å². The van der Waals surface area contributed by atoms with Gasteiger partial charge in [0.25, 0.3) is 0 Å². The van der Waals surface area contributed by atoms with Crippen LogP contribution in [-0.2, 0) is 33.2 Å². The van der Waals surface area contributed by atoms with Crippen molar-refractivity contribution < 1.29 is 89.4 Å². The molecule has 3 aliphatic rings. The normalized spacial score (nSPS) is 24.4. The minimum atomic E-state index is -1.98. The van der Waals surface area contributed by atoms with Crippen LogP contribution in [0.1, 0.15) is 438 Å². The number of aliphatic hydroxyl groups is 11. The quantitative estimate of drug-likeness (QED) is 0.0199. The van der Waals surface area contributed by atoms with E-state index >= 15 is 0 Å². The molecule has 0 spiro atoms. The lowest BCUT2D eigenvalue weighted by atomic mass is 9.96. The van der Waals surface area contributed by atoms with Gasteiger partial charge in [-0.25, -0.2) is 0 Å². The number of ether oxygens (including phenoxy) is 6. The van der Waals surface area contributed by atoms with Crippen LogP contribution >= 0.6 is 0 Å². The molecule has 0 saturated carbocycles. The van der Waals surface area contributed by atoms with E-state index in [0.29, 0.717) is 6.42 Å². The molecule has 0 aromatic rings. The van der Waals surface area contributed by atoms with Gasteiger partial charge in [-0.3, -0.25) is 4.79 Å². The predicted octanol–water partition coefficient (Wildman–Crippen LogP) is 20.9. The first-order valence-corrected chi connectivity index (χ1v) is 50.0. The summed E-state index contributed by atoms with van der Waals surface area (Å²) in [5, 5.41) is 121. The Labute approximate surface area is 726 Å². The first-order chi connectivity index (χ1) is 58.3. The second kappa shape index (κ2) is 78.9. The van der Waals surface area contributed by atoms with Crippen molar-refractivity contribution in [2.24, 2.45) is 0 Å². The molecule has 17 unspecified atom stereocenters. The fourth-order valence-electron chi connectivity index (χ4n) is 17.0. The maximum Gasteiger partial charge on any atom is 0.220 e. The molecule has 0 aromatic heterocycles. The predicted molar refractivity (Wildman–Crippen MR) is 485 cm³/mol. The van der Waals surface area contributed by atoms with Gasteiger partial charge in [-0.15, -0.1) is 0 Å². The molecular formula is C100H185NO18. The van der Waals surface area contributed by atoms with Gasteiger partial charge < -0.3 is 89.9 Å². The average molecular weight is 1690 g/mol. The zero-order chi connectivity index (χ0) is 85.9. The zero-order valence-electron chi connectivity index (χ0n) is 75.9. The second-order valence-corrected chi connectivity index (χ2v) is 35.6. The fourth-order valence-corrected chi connectivity index (χ4v) is 17.0. The van der Waals surface area contributed by atoms with E-state index in [2.05, 4.69) is 67.8 Å². The Bertz CT molecular complexity index is 2380. The third-order valence-corrected chi connectivity index (χ3v) is 24.8. The van der Waals surface area contributed by atoms with Crippen LogP contribution in [0.25, 0.3) is 0 Å². The molecule has 0 radical (unpaired) electrons. The number of aliphatic hydroxyl groups excluding tert-OH is 11. The van der Waals surface area contributed by atoms with Crippen molar-refractivity contribution in [2.45, 2.75) is 542 Å². The summed E-state index contributed by atoms with van der Waals surface area (Å²) in [6.45, 7) is 1.70. The lowest BCUT2D eigenvalue weighted by molar-refractivity contribution is -0.379. The SMILES string of the molecule is CC/C=C\C/C=C\C/C=C\C/C=C\CCCCCCCCCCCCCCCCCCCCCCCCCCCCCCC(=O)NC(COC1OC(CO)C(OC2OC(CO)C(OC3OC(CO)C(O)C(O)C3O)C(O)C2O)C(O)C1O)C(O)/C=C/CCCCCCCCCCCCCCCCCCCCCCCCCCCCCCCCC. The molecule has 0 bridgehead atoms. The Hall–Kier alpha value is -2.51. The van der Waals surface area contributed by atoms with Gasteiger partial charge >= 0.3 is 0 Å². The molecule has 3 saturated heterocycles. The molecule has 0 aliphatic carbocycles. The highest BCUT2D eigenvalue weighted by atomic mass is 16.8. The number of carbonyl (C=O) groups excluding carboxylic acids is 1. The monoisotopic (exact) mass is 1690 g/mol. The number of amides is 1. The van der Waals surface area contributed by atoms with Crippen LogP contribution in [0.2, 0.25) is 0 Å². The Morgan fingerprint density at radius 3 is 0.908 bits per heavy atom. The van der Waals surface area contributed by atoms with Crippen LogP contribution in [0.4, 0.5) is 0 Å². The van der Waals surface area contributed by atoms with E-state index in [1.807, 2.05) is 6.08 Å². The first-order valence-electron chi connectivity index (χ1n) is 50.0. The summed E-state index contributed by atoms with van der Waals surface area (Å²) in [6, 6.07) is -0.975. The smallest absolute Gasteiger partial charge is 0.220 e. The number of carbonyl (C=O) groups is 1. The summed E-state index contributed by atoms with van der Waals surface area (Å²) >= 11 is 0. The third-order valence-electron chi connectivity index (χ3n) is 24.8. The fraction of sp³-hybridized carbons (Fsp3) is 0.890. The highest BCUT2D eigenvalue weighted by molar-refractivity contribution is 5.76. The highest BCUT2D eigenvalue weighted by Crippen LogP contribution is 2.34. The van der Waals surface area contributed by atoms with Gasteiger partial charge in [-0.1, -0.05) is 434 Å². The van der Waals surface area contributed by atoms with Crippen molar-refractivity contribution >= 4 is 5.91 Å². The van der Waals surface area contributed by atoms with Gasteiger partial charge in [-0.05, 0) is 57.8 Å². The number of rotatable bonds is 83. The lowest BCUT2D eigenvalue weighted by Crippen LogP contribution is -2.66. The number of unbranched alkanes of at least 4 members (excludes halogenated alkanes) is 59. The van der Waals surface area contributed by atoms with Crippen molar-refractivity contribution in [1.82, 2.24) is 5.32 Å². The first kappa shape index (κ1) is 111. The Morgan fingerprint density at radius 1 is 0.311 bits per heavy atom. The molecule has 3 fully saturated rings. The summed E-state index contributed by atoms with van der Waals surface area (Å²) in [5.41, 5.74) is 0. The van der Waals surface area contributed by atoms with Crippen LogP contribution in [0.3, 0.4) is 0 Å². The zero-order valence-corrected chi connectivity index (χ0v) is 75.9. The van der Waals surface area contributed by atoms with Crippen molar-refractivity contribution in [2.75, 3.05) is 26.4 Å². The molecule has 698 valence electrons. The van der Waals surface area contributed by atoms with E-state index in [1.165, 1.54) is 340 Å². The average Bonchev–Trinajstić information content (AvgIpc) is 0.778. The summed E-state index contributed by atoms with van der Waals surface area (Å²) in [6.07, 6.45) is 79.8. The molecule has 1 amide bonds. The molecule has 3 aliphatic heterocycles. The molecule has 0 aromatic carbocycles. The van der Waals surface area contributed by atoms with Crippen molar-refractivity contribution in [3.63, 3.8) is 0 Å². The van der Waals surface area contributed by atoms with Crippen molar-refractivity contribution in [3.8, 4) is 0 Å². The summed E-state index contributed by atoms with van der Waals surface area (Å²) in [5.74, 6) is -0.266. The molecule has 12 N–H and O–H groups in total. The summed E-state index contributed by atoms with van der Waals surface area (Å²) in [7, 11) is 0. The van der Waals surface area contributed by atoms with Crippen LogP contribution in [0.15, 0.2) is 60.8 Å². The molecule has 19 heteroatoms. The van der Waals surface area contributed by atoms with Gasteiger partial charge in [0.15, 0.2) is 18.9 Å².